The van der Waals surface area contributed by atoms with Crippen LogP contribution in [0.15, 0.2) is 53.7 Å². The highest BCUT2D eigenvalue weighted by atomic mass is 19.4. The molecule has 0 saturated carbocycles. The minimum Gasteiger partial charge on any atom is -0.356 e. The summed E-state index contributed by atoms with van der Waals surface area (Å²) in [5, 5.41) is 6.11. The van der Waals surface area contributed by atoms with E-state index in [1.807, 2.05) is 23.1 Å². The van der Waals surface area contributed by atoms with Crippen LogP contribution in [0.4, 0.5) is 19.0 Å². The highest BCUT2D eigenvalue weighted by molar-refractivity contribution is 5.81. The summed E-state index contributed by atoms with van der Waals surface area (Å²) >= 11 is 0. The van der Waals surface area contributed by atoms with Crippen molar-refractivity contribution < 1.29 is 18.0 Å². The van der Waals surface area contributed by atoms with Crippen LogP contribution in [-0.2, 0) is 17.5 Å². The molecule has 32 heavy (non-hydrogen) atoms. The van der Waals surface area contributed by atoms with Crippen LogP contribution in [0.1, 0.15) is 17.5 Å². The molecule has 1 aliphatic rings. The van der Waals surface area contributed by atoms with E-state index in [-0.39, 0.29) is 5.91 Å². The molecule has 7 nitrogen and oxygen atoms in total. The van der Waals surface area contributed by atoms with Gasteiger partial charge in [-0.1, -0.05) is 18.2 Å². The van der Waals surface area contributed by atoms with E-state index in [2.05, 4.69) is 25.5 Å². The molecule has 1 aromatic heterocycles. The molecule has 0 unspecified atom stereocenters. The number of halogens is 3. The van der Waals surface area contributed by atoms with E-state index in [0.29, 0.717) is 44.1 Å². The molecule has 1 amide bonds. The minimum atomic E-state index is -4.35. The number of piperazine rings is 1. The fraction of sp³-hybridized carbons (Fsp3) is 0.409. The first-order valence-corrected chi connectivity index (χ1v) is 10.4. The molecule has 2 aromatic rings. The van der Waals surface area contributed by atoms with Gasteiger partial charge in [0.25, 0.3) is 0 Å². The Morgan fingerprint density at radius 2 is 1.78 bits per heavy atom. The molecule has 172 valence electrons. The van der Waals surface area contributed by atoms with Crippen molar-refractivity contribution in [2.24, 2.45) is 4.99 Å². The molecule has 0 atom stereocenters. The van der Waals surface area contributed by atoms with Crippen LogP contribution in [-0.4, -0.2) is 61.5 Å². The Hall–Kier alpha value is -3.30. The number of carbonyl (C=O) groups is 1. The number of amides is 1. The molecule has 10 heteroatoms. The van der Waals surface area contributed by atoms with Crippen molar-refractivity contribution in [3.63, 3.8) is 0 Å². The molecule has 1 aromatic carbocycles. The molecule has 2 N–H and O–H groups in total. The fourth-order valence-corrected chi connectivity index (χ4v) is 3.39. The Bertz CT molecular complexity index is 894. The number of guanidine groups is 1. The topological polar surface area (TPSA) is 72.9 Å². The second-order valence-corrected chi connectivity index (χ2v) is 7.35. The summed E-state index contributed by atoms with van der Waals surface area (Å²) in [6.45, 7) is 3.51. The SMILES string of the molecule is CN=C(NCCC(=O)N1CCN(c2ccccn2)CC1)NCc1ccc(C(F)(F)F)cc1. The standard InChI is InChI=1S/C22H27F3N6O/c1-26-21(29-16-17-5-7-18(8-6-17)22(23,24)25)28-11-9-20(32)31-14-12-30(13-15-31)19-4-2-3-10-27-19/h2-8,10H,9,11-16H2,1H3,(H2,26,28,29). The Kier molecular flexibility index (Phi) is 7.91. The van der Waals surface area contributed by atoms with Gasteiger partial charge in [-0.15, -0.1) is 0 Å². The van der Waals surface area contributed by atoms with Crippen LogP contribution in [0.2, 0.25) is 0 Å². The molecule has 0 spiro atoms. The van der Waals surface area contributed by atoms with E-state index in [1.165, 1.54) is 12.1 Å². The van der Waals surface area contributed by atoms with E-state index in [0.717, 1.165) is 31.0 Å². The number of hydrogen-bond acceptors (Lipinski definition) is 4. The van der Waals surface area contributed by atoms with Crippen LogP contribution in [0, 0.1) is 0 Å². The first kappa shape index (κ1) is 23.4. The number of aliphatic imine (C=N–C) groups is 1. The maximum absolute atomic E-state index is 12.6. The second-order valence-electron chi connectivity index (χ2n) is 7.35. The zero-order chi connectivity index (χ0) is 23.0. The van der Waals surface area contributed by atoms with Crippen LogP contribution < -0.4 is 15.5 Å². The summed E-state index contributed by atoms with van der Waals surface area (Å²) in [5.41, 5.74) is 0.0194. The van der Waals surface area contributed by atoms with Crippen molar-refractivity contribution in [3.05, 3.63) is 59.8 Å². The number of nitrogens with one attached hydrogen (secondary N) is 2. The lowest BCUT2D eigenvalue weighted by atomic mass is 10.1. The molecule has 3 rings (SSSR count). The number of carbonyl (C=O) groups excluding carboxylic acids is 1. The van der Waals surface area contributed by atoms with Gasteiger partial charge in [0.15, 0.2) is 5.96 Å². The zero-order valence-electron chi connectivity index (χ0n) is 17.9. The Morgan fingerprint density at radius 3 is 2.38 bits per heavy atom. The van der Waals surface area contributed by atoms with Gasteiger partial charge in [-0.05, 0) is 29.8 Å². The largest absolute Gasteiger partial charge is 0.416 e. The highest BCUT2D eigenvalue weighted by Gasteiger charge is 2.29. The molecule has 1 fully saturated rings. The lowest BCUT2D eigenvalue weighted by Crippen LogP contribution is -2.49. The summed E-state index contributed by atoms with van der Waals surface area (Å²) < 4.78 is 37.9. The van der Waals surface area contributed by atoms with E-state index in [9.17, 15) is 18.0 Å². The van der Waals surface area contributed by atoms with E-state index in [4.69, 9.17) is 0 Å². The quantitative estimate of drug-likeness (QED) is 0.525. The average Bonchev–Trinajstić information content (AvgIpc) is 2.81. The molecule has 1 saturated heterocycles. The lowest BCUT2D eigenvalue weighted by molar-refractivity contribution is -0.137. The van der Waals surface area contributed by atoms with Crippen LogP contribution in [0.3, 0.4) is 0 Å². The summed E-state index contributed by atoms with van der Waals surface area (Å²) in [7, 11) is 1.60. The van der Waals surface area contributed by atoms with Gasteiger partial charge in [0.2, 0.25) is 5.91 Å². The first-order chi connectivity index (χ1) is 15.4. The van der Waals surface area contributed by atoms with Gasteiger partial charge < -0.3 is 20.4 Å². The summed E-state index contributed by atoms with van der Waals surface area (Å²) in [5.74, 6) is 1.47. The van der Waals surface area contributed by atoms with Crippen molar-refractivity contribution in [2.45, 2.75) is 19.1 Å². The Morgan fingerprint density at radius 1 is 1.06 bits per heavy atom. The normalized spacial score (nSPS) is 14.9. The molecular weight excluding hydrogens is 421 g/mol. The third-order valence-electron chi connectivity index (χ3n) is 5.20. The van der Waals surface area contributed by atoms with E-state index in [1.54, 1.807) is 13.2 Å². The maximum atomic E-state index is 12.6. The number of benzene rings is 1. The number of hydrogen-bond donors (Lipinski definition) is 2. The summed E-state index contributed by atoms with van der Waals surface area (Å²) in [6, 6.07) is 10.8. The lowest BCUT2D eigenvalue weighted by Gasteiger charge is -2.35. The van der Waals surface area contributed by atoms with Gasteiger partial charge in [-0.2, -0.15) is 13.2 Å². The van der Waals surface area contributed by atoms with E-state index >= 15 is 0 Å². The molecule has 0 aliphatic carbocycles. The number of nitrogens with zero attached hydrogens (tertiary/aromatic N) is 4. The van der Waals surface area contributed by atoms with Crippen molar-refractivity contribution in [2.75, 3.05) is 44.7 Å². The summed E-state index contributed by atoms with van der Waals surface area (Å²) in [4.78, 5) is 24.9. The van der Waals surface area contributed by atoms with Crippen LogP contribution in [0.5, 0.6) is 0 Å². The average molecular weight is 448 g/mol. The van der Waals surface area contributed by atoms with Gasteiger partial charge in [-0.25, -0.2) is 4.98 Å². The molecule has 0 radical (unpaired) electrons. The van der Waals surface area contributed by atoms with Gasteiger partial charge in [0.1, 0.15) is 5.82 Å². The summed E-state index contributed by atoms with van der Waals surface area (Å²) in [6.07, 6.45) is -2.26. The number of anilines is 1. The molecule has 0 bridgehead atoms. The predicted molar refractivity (Wildman–Crippen MR) is 117 cm³/mol. The van der Waals surface area contributed by atoms with Crippen LogP contribution >= 0.6 is 0 Å². The van der Waals surface area contributed by atoms with E-state index < -0.39 is 11.7 Å². The zero-order valence-corrected chi connectivity index (χ0v) is 17.9. The molecule has 1 aliphatic heterocycles. The van der Waals surface area contributed by atoms with Gasteiger partial charge >= 0.3 is 6.18 Å². The molecule has 2 heterocycles. The third kappa shape index (κ3) is 6.60. The smallest absolute Gasteiger partial charge is 0.356 e. The van der Waals surface area contributed by atoms with Crippen molar-refractivity contribution >= 4 is 17.7 Å². The highest BCUT2D eigenvalue weighted by Crippen LogP contribution is 2.29. The number of rotatable bonds is 6. The number of pyridine rings is 1. The number of aromatic nitrogens is 1. The van der Waals surface area contributed by atoms with Crippen molar-refractivity contribution in [1.29, 1.82) is 0 Å². The van der Waals surface area contributed by atoms with Gasteiger partial charge in [0.05, 0.1) is 5.56 Å². The monoisotopic (exact) mass is 448 g/mol. The Labute approximate surface area is 185 Å². The van der Waals surface area contributed by atoms with Crippen molar-refractivity contribution in [1.82, 2.24) is 20.5 Å². The van der Waals surface area contributed by atoms with Gasteiger partial charge in [0, 0.05) is 58.9 Å². The second kappa shape index (κ2) is 10.8. The van der Waals surface area contributed by atoms with Crippen molar-refractivity contribution in [3.8, 4) is 0 Å². The predicted octanol–water partition coefficient (Wildman–Crippen LogP) is 2.50. The van der Waals surface area contributed by atoms with Crippen LogP contribution in [0.25, 0.3) is 0 Å². The minimum absolute atomic E-state index is 0.0661. The maximum Gasteiger partial charge on any atom is 0.416 e. The first-order valence-electron chi connectivity index (χ1n) is 10.4. The molecular formula is C22H27F3N6O. The third-order valence-corrected chi connectivity index (χ3v) is 5.20. The number of alkyl halides is 3. The fourth-order valence-electron chi connectivity index (χ4n) is 3.39. The van der Waals surface area contributed by atoms with Gasteiger partial charge in [-0.3, -0.25) is 9.79 Å². The Balaban J connectivity index is 1.37.